The normalized spacial score (nSPS) is 18.6. The summed E-state index contributed by atoms with van der Waals surface area (Å²) in [5.41, 5.74) is 2.01. The van der Waals surface area contributed by atoms with Crippen LogP contribution in [0.5, 0.6) is 5.75 Å². The Labute approximate surface area is 137 Å². The summed E-state index contributed by atoms with van der Waals surface area (Å²) in [7, 11) is 1.62. The van der Waals surface area contributed by atoms with Crippen molar-refractivity contribution in [2.45, 2.75) is 19.4 Å². The number of rotatable bonds is 5. The fourth-order valence-electron chi connectivity index (χ4n) is 3.32. The van der Waals surface area contributed by atoms with Gasteiger partial charge in [-0.2, -0.15) is 0 Å². The summed E-state index contributed by atoms with van der Waals surface area (Å²) >= 11 is 0. The monoisotopic (exact) mass is 309 g/mol. The van der Waals surface area contributed by atoms with Crippen LogP contribution < -0.4 is 4.74 Å². The Morgan fingerprint density at radius 3 is 2.65 bits per heavy atom. The van der Waals surface area contributed by atoms with Crippen molar-refractivity contribution >= 4 is 5.78 Å². The molecule has 0 aromatic heterocycles. The Kier molecular flexibility index (Phi) is 5.09. The van der Waals surface area contributed by atoms with Crippen molar-refractivity contribution in [1.82, 2.24) is 4.90 Å². The predicted molar refractivity (Wildman–Crippen MR) is 91.8 cm³/mol. The number of para-hydroxylation sites is 1. The number of Topliss-reactive ketones (excluding diaryl/α,β-unsaturated/α-hetero) is 1. The molecule has 120 valence electrons. The Balaban J connectivity index is 1.69. The Hall–Kier alpha value is -2.13. The van der Waals surface area contributed by atoms with Gasteiger partial charge in [0.2, 0.25) is 0 Å². The van der Waals surface area contributed by atoms with E-state index in [-0.39, 0.29) is 11.7 Å². The number of ketones is 1. The number of ether oxygens (including phenoxy) is 1. The maximum Gasteiger partial charge on any atom is 0.170 e. The molecule has 0 N–H and O–H groups in total. The first-order valence-corrected chi connectivity index (χ1v) is 8.21. The lowest BCUT2D eigenvalue weighted by molar-refractivity contribution is 0.0808. The second-order valence-corrected chi connectivity index (χ2v) is 6.12. The highest BCUT2D eigenvalue weighted by molar-refractivity contribution is 6.00. The van der Waals surface area contributed by atoms with Crippen LogP contribution in [0.15, 0.2) is 54.6 Å². The fourth-order valence-corrected chi connectivity index (χ4v) is 3.32. The molecular weight excluding hydrogens is 286 g/mol. The predicted octanol–water partition coefficient (Wildman–Crippen LogP) is 3.79. The molecule has 3 rings (SSSR count). The number of likely N-dealkylation sites (tertiary alicyclic amines) is 1. The van der Waals surface area contributed by atoms with E-state index in [2.05, 4.69) is 29.2 Å². The zero-order chi connectivity index (χ0) is 16.1. The summed E-state index contributed by atoms with van der Waals surface area (Å²) in [4.78, 5) is 15.3. The third kappa shape index (κ3) is 3.80. The van der Waals surface area contributed by atoms with E-state index in [1.807, 2.05) is 30.3 Å². The zero-order valence-electron chi connectivity index (χ0n) is 13.6. The first-order chi connectivity index (χ1) is 11.3. The van der Waals surface area contributed by atoms with Crippen molar-refractivity contribution < 1.29 is 9.53 Å². The van der Waals surface area contributed by atoms with Gasteiger partial charge in [0.15, 0.2) is 5.78 Å². The minimum atomic E-state index is 0.0590. The van der Waals surface area contributed by atoms with Crippen LogP contribution >= 0.6 is 0 Å². The van der Waals surface area contributed by atoms with Crippen molar-refractivity contribution in [3.05, 3.63) is 65.7 Å². The molecule has 1 fully saturated rings. The van der Waals surface area contributed by atoms with Crippen molar-refractivity contribution in [1.29, 1.82) is 0 Å². The van der Waals surface area contributed by atoms with Gasteiger partial charge in [-0.1, -0.05) is 42.5 Å². The molecule has 0 aliphatic carbocycles. The summed E-state index contributed by atoms with van der Waals surface area (Å²) in [6, 6.07) is 18.0. The largest absolute Gasteiger partial charge is 0.496 e. The van der Waals surface area contributed by atoms with E-state index >= 15 is 0 Å². The number of hydrogen-bond donors (Lipinski definition) is 0. The maximum absolute atomic E-state index is 12.9. The van der Waals surface area contributed by atoms with Crippen molar-refractivity contribution in [3.8, 4) is 5.75 Å². The second kappa shape index (κ2) is 7.42. The highest BCUT2D eigenvalue weighted by atomic mass is 16.5. The van der Waals surface area contributed by atoms with Gasteiger partial charge in [0.05, 0.1) is 12.7 Å². The van der Waals surface area contributed by atoms with Gasteiger partial charge in [0.25, 0.3) is 0 Å². The molecule has 3 heteroatoms. The molecule has 0 bridgehead atoms. The second-order valence-electron chi connectivity index (χ2n) is 6.12. The van der Waals surface area contributed by atoms with Gasteiger partial charge in [-0.05, 0) is 37.1 Å². The number of methoxy groups -OCH3 is 1. The van der Waals surface area contributed by atoms with Crippen LogP contribution in [0.1, 0.15) is 28.8 Å². The van der Waals surface area contributed by atoms with Crippen molar-refractivity contribution in [3.63, 3.8) is 0 Å². The molecule has 2 aromatic rings. The lowest BCUT2D eigenvalue weighted by atomic mass is 9.89. The molecule has 3 nitrogen and oxygen atoms in total. The summed E-state index contributed by atoms with van der Waals surface area (Å²) in [6.07, 6.45) is 2.03. The minimum Gasteiger partial charge on any atom is -0.496 e. The molecule has 1 aliphatic rings. The number of piperidine rings is 1. The molecule has 1 atom stereocenters. The number of carbonyl (C=O) groups is 1. The maximum atomic E-state index is 12.9. The van der Waals surface area contributed by atoms with Gasteiger partial charge in [0, 0.05) is 19.0 Å². The molecule has 0 saturated carbocycles. The Morgan fingerprint density at radius 2 is 1.87 bits per heavy atom. The fraction of sp³-hybridized carbons (Fsp3) is 0.350. The number of hydrogen-bond acceptors (Lipinski definition) is 3. The van der Waals surface area contributed by atoms with Gasteiger partial charge in [-0.15, -0.1) is 0 Å². The van der Waals surface area contributed by atoms with E-state index < -0.39 is 0 Å². The lowest BCUT2D eigenvalue weighted by Gasteiger charge is -2.32. The molecular formula is C20H23NO2. The van der Waals surface area contributed by atoms with Crippen molar-refractivity contribution in [2.75, 3.05) is 20.2 Å². The van der Waals surface area contributed by atoms with Crippen LogP contribution in [-0.2, 0) is 6.54 Å². The van der Waals surface area contributed by atoms with Crippen LogP contribution in [0, 0.1) is 5.92 Å². The SMILES string of the molecule is COc1ccccc1C(=O)C1CCCN(Cc2ccccc2)C1. The van der Waals surface area contributed by atoms with Gasteiger partial charge in [-0.3, -0.25) is 9.69 Å². The minimum absolute atomic E-state index is 0.0590. The van der Waals surface area contributed by atoms with Crippen LogP contribution in [0.3, 0.4) is 0 Å². The molecule has 0 radical (unpaired) electrons. The van der Waals surface area contributed by atoms with Crippen LogP contribution in [0.4, 0.5) is 0 Å². The van der Waals surface area contributed by atoms with Crippen LogP contribution in [0.25, 0.3) is 0 Å². The molecule has 1 unspecified atom stereocenters. The molecule has 1 saturated heterocycles. The molecule has 1 aliphatic heterocycles. The first kappa shape index (κ1) is 15.8. The number of benzene rings is 2. The average molecular weight is 309 g/mol. The highest BCUT2D eigenvalue weighted by Crippen LogP contribution is 2.26. The van der Waals surface area contributed by atoms with Crippen molar-refractivity contribution in [2.24, 2.45) is 5.92 Å². The van der Waals surface area contributed by atoms with Crippen LogP contribution in [-0.4, -0.2) is 30.9 Å². The van der Waals surface area contributed by atoms with E-state index in [1.54, 1.807) is 7.11 Å². The molecule has 0 spiro atoms. The molecule has 0 amide bonds. The zero-order valence-corrected chi connectivity index (χ0v) is 13.6. The summed E-state index contributed by atoms with van der Waals surface area (Å²) in [5, 5.41) is 0. The third-order valence-electron chi connectivity index (χ3n) is 4.50. The van der Waals surface area contributed by atoms with E-state index in [1.165, 1.54) is 5.56 Å². The Morgan fingerprint density at radius 1 is 1.13 bits per heavy atom. The van der Waals surface area contributed by atoms with Gasteiger partial charge in [-0.25, -0.2) is 0 Å². The molecule has 1 heterocycles. The molecule has 2 aromatic carbocycles. The van der Waals surface area contributed by atoms with E-state index in [9.17, 15) is 4.79 Å². The van der Waals surface area contributed by atoms with Gasteiger partial charge < -0.3 is 4.74 Å². The standard InChI is InChI=1S/C20H23NO2/c1-23-19-12-6-5-11-18(19)20(22)17-10-7-13-21(15-17)14-16-8-3-2-4-9-16/h2-6,8-9,11-12,17H,7,10,13-15H2,1H3. The quantitative estimate of drug-likeness (QED) is 0.787. The first-order valence-electron chi connectivity index (χ1n) is 8.21. The topological polar surface area (TPSA) is 29.5 Å². The Bertz CT molecular complexity index is 654. The third-order valence-corrected chi connectivity index (χ3v) is 4.50. The average Bonchev–Trinajstić information content (AvgIpc) is 2.62. The van der Waals surface area contributed by atoms with Gasteiger partial charge >= 0.3 is 0 Å². The van der Waals surface area contributed by atoms with E-state index in [4.69, 9.17) is 4.74 Å². The lowest BCUT2D eigenvalue weighted by Crippen LogP contribution is -2.38. The van der Waals surface area contributed by atoms with Crippen LogP contribution in [0.2, 0.25) is 0 Å². The molecule has 23 heavy (non-hydrogen) atoms. The van der Waals surface area contributed by atoms with Gasteiger partial charge in [0.1, 0.15) is 5.75 Å². The number of carbonyl (C=O) groups excluding carboxylic acids is 1. The van der Waals surface area contributed by atoms with E-state index in [0.29, 0.717) is 11.3 Å². The highest BCUT2D eigenvalue weighted by Gasteiger charge is 2.28. The smallest absolute Gasteiger partial charge is 0.170 e. The number of nitrogens with zero attached hydrogens (tertiary/aromatic N) is 1. The summed E-state index contributed by atoms with van der Waals surface area (Å²) in [6.45, 7) is 2.80. The van der Waals surface area contributed by atoms with E-state index in [0.717, 1.165) is 32.5 Å². The summed E-state index contributed by atoms with van der Waals surface area (Å²) in [5.74, 6) is 0.946. The summed E-state index contributed by atoms with van der Waals surface area (Å²) < 4.78 is 5.35.